The minimum absolute atomic E-state index is 1.04. The average molecular weight is 325 g/mol. The SMILES string of the molecule is [CH2]c1ccc(Br)cc1-c1ccc(Br)cc1. The van der Waals surface area contributed by atoms with E-state index in [1.165, 1.54) is 5.56 Å². The molecule has 2 aromatic rings. The lowest BCUT2D eigenvalue weighted by molar-refractivity contribution is 1.53. The third kappa shape index (κ3) is 2.50. The highest BCUT2D eigenvalue weighted by Crippen LogP contribution is 2.27. The minimum atomic E-state index is 1.04. The summed E-state index contributed by atoms with van der Waals surface area (Å²) in [5.41, 5.74) is 3.39. The fourth-order valence-electron chi connectivity index (χ4n) is 1.45. The van der Waals surface area contributed by atoms with Crippen LogP contribution in [0.25, 0.3) is 11.1 Å². The van der Waals surface area contributed by atoms with Crippen LogP contribution in [-0.4, -0.2) is 0 Å². The first-order valence-electron chi connectivity index (χ1n) is 4.54. The highest BCUT2D eigenvalue weighted by molar-refractivity contribution is 9.10. The maximum absolute atomic E-state index is 4.03. The van der Waals surface area contributed by atoms with Gasteiger partial charge in [-0.25, -0.2) is 0 Å². The maximum Gasteiger partial charge on any atom is 0.0181 e. The second kappa shape index (κ2) is 4.50. The van der Waals surface area contributed by atoms with E-state index in [1.54, 1.807) is 0 Å². The van der Waals surface area contributed by atoms with E-state index < -0.39 is 0 Å². The molecule has 2 aromatic carbocycles. The molecule has 0 fully saturated rings. The van der Waals surface area contributed by atoms with E-state index in [-0.39, 0.29) is 0 Å². The van der Waals surface area contributed by atoms with Crippen LogP contribution in [0.2, 0.25) is 0 Å². The van der Waals surface area contributed by atoms with Crippen molar-refractivity contribution >= 4 is 31.9 Å². The quantitative estimate of drug-likeness (QED) is 0.687. The van der Waals surface area contributed by atoms with Gasteiger partial charge in [0.25, 0.3) is 0 Å². The Hall–Kier alpha value is -0.600. The molecule has 0 saturated carbocycles. The average Bonchev–Trinajstić information content (AvgIpc) is 2.23. The van der Waals surface area contributed by atoms with Crippen LogP contribution < -0.4 is 0 Å². The van der Waals surface area contributed by atoms with Crippen LogP contribution in [0.1, 0.15) is 5.56 Å². The molecule has 0 aliphatic carbocycles. The normalized spacial score (nSPS) is 10.3. The fraction of sp³-hybridized carbons (Fsp3) is 0. The first-order valence-corrected chi connectivity index (χ1v) is 6.13. The molecule has 15 heavy (non-hydrogen) atoms. The van der Waals surface area contributed by atoms with Crippen LogP contribution in [0.3, 0.4) is 0 Å². The van der Waals surface area contributed by atoms with Gasteiger partial charge in [0, 0.05) is 8.95 Å². The minimum Gasteiger partial charge on any atom is -0.0573 e. The Kier molecular flexibility index (Phi) is 3.27. The molecular formula is C13H9Br2. The third-order valence-electron chi connectivity index (χ3n) is 2.23. The Balaban J connectivity index is 2.53. The summed E-state index contributed by atoms with van der Waals surface area (Å²) in [4.78, 5) is 0. The van der Waals surface area contributed by atoms with Gasteiger partial charge in [0.05, 0.1) is 0 Å². The monoisotopic (exact) mass is 323 g/mol. The Morgan fingerprint density at radius 2 is 1.40 bits per heavy atom. The molecule has 75 valence electrons. The first-order chi connectivity index (χ1) is 7.16. The van der Waals surface area contributed by atoms with E-state index in [9.17, 15) is 0 Å². The van der Waals surface area contributed by atoms with Gasteiger partial charge >= 0.3 is 0 Å². The van der Waals surface area contributed by atoms with E-state index in [0.717, 1.165) is 20.1 Å². The van der Waals surface area contributed by atoms with Crippen molar-refractivity contribution < 1.29 is 0 Å². The van der Waals surface area contributed by atoms with E-state index in [1.807, 2.05) is 24.3 Å². The van der Waals surface area contributed by atoms with E-state index in [0.29, 0.717) is 0 Å². The summed E-state index contributed by atoms with van der Waals surface area (Å²) < 4.78 is 2.17. The van der Waals surface area contributed by atoms with E-state index >= 15 is 0 Å². The summed E-state index contributed by atoms with van der Waals surface area (Å²) in [6, 6.07) is 14.4. The highest BCUT2D eigenvalue weighted by atomic mass is 79.9. The molecule has 0 heterocycles. The molecule has 0 nitrogen and oxygen atoms in total. The van der Waals surface area contributed by atoms with Crippen molar-refractivity contribution in [2.24, 2.45) is 0 Å². The van der Waals surface area contributed by atoms with Gasteiger partial charge in [-0.2, -0.15) is 0 Å². The molecule has 0 aliphatic heterocycles. The summed E-state index contributed by atoms with van der Waals surface area (Å²) >= 11 is 6.90. The predicted octanol–water partition coefficient (Wildman–Crippen LogP) is 5.06. The summed E-state index contributed by atoms with van der Waals surface area (Å²) in [7, 11) is 0. The van der Waals surface area contributed by atoms with Gasteiger partial charge in [0.2, 0.25) is 0 Å². The van der Waals surface area contributed by atoms with Gasteiger partial charge in [-0.05, 0) is 47.9 Å². The number of benzene rings is 2. The largest absolute Gasteiger partial charge is 0.0573 e. The van der Waals surface area contributed by atoms with Crippen LogP contribution in [0, 0.1) is 6.92 Å². The van der Waals surface area contributed by atoms with Crippen molar-refractivity contribution in [2.75, 3.05) is 0 Å². The molecule has 0 amide bonds. The van der Waals surface area contributed by atoms with Crippen molar-refractivity contribution in [3.63, 3.8) is 0 Å². The van der Waals surface area contributed by atoms with Gasteiger partial charge in [0.1, 0.15) is 0 Å². The fourth-order valence-corrected chi connectivity index (χ4v) is 2.07. The van der Waals surface area contributed by atoms with Gasteiger partial charge < -0.3 is 0 Å². The van der Waals surface area contributed by atoms with Crippen molar-refractivity contribution in [3.05, 3.63) is 63.9 Å². The first kappa shape index (κ1) is 10.9. The smallest absolute Gasteiger partial charge is 0.0181 e. The lowest BCUT2D eigenvalue weighted by atomic mass is 10.0. The second-order valence-electron chi connectivity index (χ2n) is 3.31. The lowest BCUT2D eigenvalue weighted by Crippen LogP contribution is -1.82. The molecule has 0 bridgehead atoms. The van der Waals surface area contributed by atoms with Gasteiger partial charge in [-0.3, -0.25) is 0 Å². The van der Waals surface area contributed by atoms with Crippen molar-refractivity contribution in [1.29, 1.82) is 0 Å². The molecule has 0 saturated heterocycles. The van der Waals surface area contributed by atoms with Crippen molar-refractivity contribution in [3.8, 4) is 11.1 Å². The molecular weight excluding hydrogens is 316 g/mol. The maximum atomic E-state index is 4.03. The van der Waals surface area contributed by atoms with Crippen molar-refractivity contribution in [1.82, 2.24) is 0 Å². The zero-order valence-corrected chi connectivity index (χ0v) is 11.2. The Morgan fingerprint density at radius 3 is 2.07 bits per heavy atom. The Bertz CT molecular complexity index is 472. The number of halogens is 2. The molecule has 0 spiro atoms. The Morgan fingerprint density at radius 1 is 0.800 bits per heavy atom. The molecule has 2 rings (SSSR count). The topological polar surface area (TPSA) is 0 Å². The van der Waals surface area contributed by atoms with Gasteiger partial charge in [0.15, 0.2) is 0 Å². The second-order valence-corrected chi connectivity index (χ2v) is 5.14. The standard InChI is InChI=1S/C13H9Br2/c1-9-2-5-12(15)8-13(9)10-3-6-11(14)7-4-10/h2-8H,1H2. The van der Waals surface area contributed by atoms with E-state index in [4.69, 9.17) is 0 Å². The van der Waals surface area contributed by atoms with Gasteiger partial charge in [-0.1, -0.05) is 50.1 Å². The van der Waals surface area contributed by atoms with Crippen LogP contribution in [0.5, 0.6) is 0 Å². The summed E-state index contributed by atoms with van der Waals surface area (Å²) in [6.07, 6.45) is 0. The van der Waals surface area contributed by atoms with Crippen LogP contribution in [0.4, 0.5) is 0 Å². The van der Waals surface area contributed by atoms with Crippen LogP contribution >= 0.6 is 31.9 Å². The molecule has 0 atom stereocenters. The lowest BCUT2D eigenvalue weighted by Gasteiger charge is -2.06. The number of rotatable bonds is 1. The van der Waals surface area contributed by atoms with Crippen LogP contribution in [0.15, 0.2) is 51.4 Å². The highest BCUT2D eigenvalue weighted by Gasteiger charge is 2.02. The molecule has 0 unspecified atom stereocenters. The molecule has 2 heteroatoms. The van der Waals surface area contributed by atoms with E-state index in [2.05, 4.69) is 57.0 Å². The number of hydrogen-bond acceptors (Lipinski definition) is 0. The Labute approximate surface area is 107 Å². The molecule has 1 radical (unpaired) electrons. The zero-order chi connectivity index (χ0) is 10.8. The number of hydrogen-bond donors (Lipinski definition) is 0. The molecule has 0 aliphatic rings. The van der Waals surface area contributed by atoms with Crippen LogP contribution in [-0.2, 0) is 0 Å². The summed E-state index contributed by atoms with van der Waals surface area (Å²) in [6.45, 7) is 4.03. The van der Waals surface area contributed by atoms with Crippen molar-refractivity contribution in [2.45, 2.75) is 0 Å². The molecule has 0 N–H and O–H groups in total. The zero-order valence-electron chi connectivity index (χ0n) is 8.00. The molecule has 0 aromatic heterocycles. The summed E-state index contributed by atoms with van der Waals surface area (Å²) in [5, 5.41) is 0. The summed E-state index contributed by atoms with van der Waals surface area (Å²) in [5.74, 6) is 0. The third-order valence-corrected chi connectivity index (χ3v) is 3.25. The predicted molar refractivity (Wildman–Crippen MR) is 71.7 cm³/mol. The van der Waals surface area contributed by atoms with Gasteiger partial charge in [-0.15, -0.1) is 0 Å².